The van der Waals surface area contributed by atoms with Crippen molar-refractivity contribution in [1.82, 2.24) is 24.4 Å². The van der Waals surface area contributed by atoms with Crippen LogP contribution in [0.1, 0.15) is 10.5 Å². The van der Waals surface area contributed by atoms with Crippen LogP contribution in [0.15, 0.2) is 11.1 Å². The molecule has 0 unspecified atom stereocenters. The number of hydrogen-bond acceptors (Lipinski definition) is 6. The smallest absolute Gasteiger partial charge is 0.275 e. The van der Waals surface area contributed by atoms with E-state index in [2.05, 4.69) is 15.3 Å². The first kappa shape index (κ1) is 9.01. The maximum atomic E-state index is 11.4. The van der Waals surface area contributed by atoms with Gasteiger partial charge in [-0.2, -0.15) is 9.94 Å². The van der Waals surface area contributed by atoms with Crippen molar-refractivity contribution in [3.63, 3.8) is 0 Å². The number of fused-ring (bicyclic) bond motifs is 1. The SMILES string of the molecule is Cn1nnc2c(C(=O)C#N)ncn2c1=O. The lowest BCUT2D eigenvalue weighted by Crippen LogP contribution is -2.27. The van der Waals surface area contributed by atoms with Crippen LogP contribution in [0, 0.1) is 11.3 Å². The van der Waals surface area contributed by atoms with Crippen LogP contribution in [-0.2, 0) is 7.05 Å². The lowest BCUT2D eigenvalue weighted by Gasteiger charge is -1.94. The maximum Gasteiger partial charge on any atom is 0.352 e. The van der Waals surface area contributed by atoms with Crippen molar-refractivity contribution in [2.45, 2.75) is 0 Å². The third-order valence-electron chi connectivity index (χ3n) is 1.82. The van der Waals surface area contributed by atoms with Gasteiger partial charge >= 0.3 is 5.69 Å². The Labute approximate surface area is 82.4 Å². The average molecular weight is 204 g/mol. The maximum absolute atomic E-state index is 11.4. The van der Waals surface area contributed by atoms with Crippen LogP contribution in [0.25, 0.3) is 5.65 Å². The predicted octanol–water partition coefficient (Wildman–Crippen LogP) is -1.47. The molecular weight excluding hydrogens is 200 g/mol. The van der Waals surface area contributed by atoms with E-state index in [1.807, 2.05) is 0 Å². The molecule has 0 saturated heterocycles. The lowest BCUT2D eigenvalue weighted by atomic mass is 10.3. The number of carbonyl (C=O) groups excluding carboxylic acids is 1. The minimum atomic E-state index is -0.847. The highest BCUT2D eigenvalue weighted by atomic mass is 16.2. The normalized spacial score (nSPS) is 10.1. The zero-order chi connectivity index (χ0) is 11.0. The van der Waals surface area contributed by atoms with Gasteiger partial charge in [0, 0.05) is 7.05 Å². The van der Waals surface area contributed by atoms with Crippen molar-refractivity contribution in [2.75, 3.05) is 0 Å². The van der Waals surface area contributed by atoms with Crippen molar-refractivity contribution in [1.29, 1.82) is 5.26 Å². The van der Waals surface area contributed by atoms with Gasteiger partial charge in [0.25, 0.3) is 5.78 Å². The van der Waals surface area contributed by atoms with Gasteiger partial charge in [-0.3, -0.25) is 4.79 Å². The molecule has 74 valence electrons. The van der Waals surface area contributed by atoms with Gasteiger partial charge in [0.15, 0.2) is 11.3 Å². The highest BCUT2D eigenvalue weighted by Crippen LogP contribution is 2.02. The largest absolute Gasteiger partial charge is 0.352 e. The highest BCUT2D eigenvalue weighted by molar-refractivity contribution is 6.09. The summed E-state index contributed by atoms with van der Waals surface area (Å²) >= 11 is 0. The molecule has 0 bridgehead atoms. The highest BCUT2D eigenvalue weighted by Gasteiger charge is 2.16. The molecule has 0 spiro atoms. The van der Waals surface area contributed by atoms with Crippen molar-refractivity contribution in [2.24, 2.45) is 7.05 Å². The Morgan fingerprint density at radius 1 is 1.60 bits per heavy atom. The van der Waals surface area contributed by atoms with E-state index < -0.39 is 11.5 Å². The van der Waals surface area contributed by atoms with E-state index in [4.69, 9.17) is 5.26 Å². The molecule has 0 atom stereocenters. The van der Waals surface area contributed by atoms with Crippen LogP contribution >= 0.6 is 0 Å². The van der Waals surface area contributed by atoms with Gasteiger partial charge in [0.1, 0.15) is 12.4 Å². The molecule has 0 aliphatic heterocycles. The molecule has 2 aromatic heterocycles. The molecule has 0 aromatic carbocycles. The number of nitrogens with zero attached hydrogens (tertiary/aromatic N) is 6. The number of nitriles is 1. The zero-order valence-electron chi connectivity index (χ0n) is 7.58. The summed E-state index contributed by atoms with van der Waals surface area (Å²) in [6, 6.07) is 1.40. The first-order chi connectivity index (χ1) is 7.15. The molecule has 0 aliphatic rings. The monoisotopic (exact) mass is 204 g/mol. The molecular formula is C7H4N6O2. The Hall–Kier alpha value is -2.56. The van der Waals surface area contributed by atoms with Gasteiger partial charge in [0.2, 0.25) is 0 Å². The van der Waals surface area contributed by atoms with Crippen molar-refractivity contribution in [3.05, 3.63) is 22.5 Å². The number of aromatic nitrogens is 5. The van der Waals surface area contributed by atoms with E-state index in [1.54, 1.807) is 0 Å². The number of imidazole rings is 1. The van der Waals surface area contributed by atoms with Gasteiger partial charge < -0.3 is 0 Å². The number of rotatable bonds is 1. The van der Waals surface area contributed by atoms with E-state index in [-0.39, 0.29) is 11.3 Å². The molecule has 0 fully saturated rings. The van der Waals surface area contributed by atoms with Gasteiger partial charge in [-0.15, -0.1) is 5.10 Å². The summed E-state index contributed by atoms with van der Waals surface area (Å²) in [6.45, 7) is 0. The van der Waals surface area contributed by atoms with Crippen LogP contribution in [-0.4, -0.2) is 30.2 Å². The summed E-state index contributed by atoms with van der Waals surface area (Å²) in [4.78, 5) is 26.2. The summed E-state index contributed by atoms with van der Waals surface area (Å²) in [5.41, 5.74) is -0.656. The van der Waals surface area contributed by atoms with Gasteiger partial charge in [0.05, 0.1) is 0 Å². The van der Waals surface area contributed by atoms with Crippen LogP contribution in [0.2, 0.25) is 0 Å². The van der Waals surface area contributed by atoms with E-state index in [0.717, 1.165) is 15.4 Å². The first-order valence-electron chi connectivity index (χ1n) is 3.86. The average Bonchev–Trinajstić information content (AvgIpc) is 2.66. The second kappa shape index (κ2) is 2.98. The molecule has 2 rings (SSSR count). The van der Waals surface area contributed by atoms with Gasteiger partial charge in [-0.1, -0.05) is 5.21 Å². The van der Waals surface area contributed by atoms with Crippen LogP contribution in [0.4, 0.5) is 0 Å². The number of Topliss-reactive ketones (excluding diaryl/α,β-unsaturated/α-hetero) is 1. The summed E-state index contributed by atoms with van der Waals surface area (Å²) in [5.74, 6) is -0.847. The number of ketones is 1. The molecule has 0 amide bonds. The molecule has 0 radical (unpaired) electrons. The number of hydrogen-bond donors (Lipinski definition) is 0. The van der Waals surface area contributed by atoms with Crippen molar-refractivity contribution >= 4 is 11.4 Å². The molecule has 0 aliphatic carbocycles. The van der Waals surface area contributed by atoms with Crippen LogP contribution in [0.3, 0.4) is 0 Å². The third kappa shape index (κ3) is 1.18. The van der Waals surface area contributed by atoms with Crippen LogP contribution < -0.4 is 5.69 Å². The Morgan fingerprint density at radius 2 is 2.33 bits per heavy atom. The second-order valence-corrected chi connectivity index (χ2v) is 2.72. The summed E-state index contributed by atoms with van der Waals surface area (Å²) < 4.78 is 2.05. The molecule has 0 saturated carbocycles. The fourth-order valence-corrected chi connectivity index (χ4v) is 1.09. The van der Waals surface area contributed by atoms with E-state index in [0.29, 0.717) is 0 Å². The summed E-state index contributed by atoms with van der Waals surface area (Å²) in [6.07, 6.45) is 1.14. The summed E-state index contributed by atoms with van der Waals surface area (Å²) in [7, 11) is 1.42. The Morgan fingerprint density at radius 3 is 3.00 bits per heavy atom. The molecule has 0 N–H and O–H groups in total. The minimum absolute atomic E-state index is 0.00958. The van der Waals surface area contributed by atoms with Crippen molar-refractivity contribution < 1.29 is 4.79 Å². The second-order valence-electron chi connectivity index (χ2n) is 2.72. The standard InChI is InChI=1S/C7H4N6O2/c1-12-7(15)13-3-9-5(4(14)2-8)6(13)10-11-12/h3H,1H3. The van der Waals surface area contributed by atoms with Crippen LogP contribution in [0.5, 0.6) is 0 Å². The topological polar surface area (TPSA) is 106 Å². The molecule has 2 aromatic rings. The molecule has 2 heterocycles. The first-order valence-corrected chi connectivity index (χ1v) is 3.86. The lowest BCUT2D eigenvalue weighted by molar-refractivity contribution is 0.105. The molecule has 8 nitrogen and oxygen atoms in total. The van der Waals surface area contributed by atoms with Gasteiger partial charge in [-0.25, -0.2) is 14.2 Å². The zero-order valence-corrected chi connectivity index (χ0v) is 7.58. The number of aryl methyl sites for hydroxylation is 1. The summed E-state index contributed by atoms with van der Waals surface area (Å²) in [5, 5.41) is 15.5. The fourth-order valence-electron chi connectivity index (χ4n) is 1.09. The van der Waals surface area contributed by atoms with E-state index >= 15 is 0 Å². The van der Waals surface area contributed by atoms with Gasteiger partial charge in [-0.05, 0) is 0 Å². The molecule has 8 heteroatoms. The van der Waals surface area contributed by atoms with E-state index in [1.165, 1.54) is 13.1 Å². The van der Waals surface area contributed by atoms with E-state index in [9.17, 15) is 9.59 Å². The molecule has 15 heavy (non-hydrogen) atoms. The van der Waals surface area contributed by atoms with Crippen molar-refractivity contribution in [3.8, 4) is 6.07 Å². The Bertz CT molecular complexity index is 646. The Kier molecular flexibility index (Phi) is 1.79. The third-order valence-corrected chi connectivity index (χ3v) is 1.82. The number of carbonyl (C=O) groups is 1. The fraction of sp³-hybridized carbons (Fsp3) is 0.143. The minimum Gasteiger partial charge on any atom is -0.275 e. The quantitative estimate of drug-likeness (QED) is 0.414. The predicted molar refractivity (Wildman–Crippen MR) is 46.0 cm³/mol. The Balaban J connectivity index is 2.85.